The molecule has 0 aliphatic carbocycles. The average Bonchev–Trinajstić information content (AvgIpc) is 2.40. The monoisotopic (exact) mass is 231 g/mol. The molecule has 17 heavy (non-hydrogen) atoms. The average molecular weight is 231 g/mol. The Balaban J connectivity index is 2.11. The molecular formula is C11H13N5O. The molecule has 0 saturated carbocycles. The SMILES string of the molecule is O=c1c2nccnc2ncn1C1CCCNC1. The van der Waals surface area contributed by atoms with E-state index in [4.69, 9.17) is 0 Å². The molecule has 2 aromatic rings. The van der Waals surface area contributed by atoms with E-state index in [2.05, 4.69) is 20.3 Å². The third-order valence-electron chi connectivity index (χ3n) is 3.08. The number of aromatic nitrogens is 4. The fourth-order valence-corrected chi connectivity index (χ4v) is 2.20. The van der Waals surface area contributed by atoms with Gasteiger partial charge in [-0.25, -0.2) is 15.0 Å². The van der Waals surface area contributed by atoms with Crippen LogP contribution in [0.15, 0.2) is 23.5 Å². The van der Waals surface area contributed by atoms with Crippen LogP contribution in [0.3, 0.4) is 0 Å². The smallest absolute Gasteiger partial charge is 0.281 e. The molecule has 1 saturated heterocycles. The summed E-state index contributed by atoms with van der Waals surface area (Å²) >= 11 is 0. The first kappa shape index (κ1) is 10.3. The molecule has 1 atom stereocenters. The Morgan fingerprint density at radius 2 is 2.18 bits per heavy atom. The van der Waals surface area contributed by atoms with E-state index >= 15 is 0 Å². The quantitative estimate of drug-likeness (QED) is 0.754. The van der Waals surface area contributed by atoms with Gasteiger partial charge in [0.1, 0.15) is 6.33 Å². The highest BCUT2D eigenvalue weighted by Crippen LogP contribution is 2.14. The largest absolute Gasteiger partial charge is 0.315 e. The van der Waals surface area contributed by atoms with Gasteiger partial charge in [-0.3, -0.25) is 9.36 Å². The molecule has 1 N–H and O–H groups in total. The Morgan fingerprint density at radius 1 is 1.29 bits per heavy atom. The first-order valence-corrected chi connectivity index (χ1v) is 5.75. The number of nitrogens with one attached hydrogen (secondary N) is 1. The molecular weight excluding hydrogens is 218 g/mol. The normalized spacial score (nSPS) is 20.6. The second kappa shape index (κ2) is 4.21. The molecule has 0 bridgehead atoms. The van der Waals surface area contributed by atoms with Crippen molar-refractivity contribution in [2.45, 2.75) is 18.9 Å². The van der Waals surface area contributed by atoms with Gasteiger partial charge >= 0.3 is 0 Å². The molecule has 3 rings (SSSR count). The molecule has 6 heteroatoms. The Labute approximate surface area is 97.7 Å². The Morgan fingerprint density at radius 3 is 3.00 bits per heavy atom. The summed E-state index contributed by atoms with van der Waals surface area (Å²) < 4.78 is 1.67. The zero-order chi connectivity index (χ0) is 11.7. The predicted molar refractivity (Wildman–Crippen MR) is 62.7 cm³/mol. The van der Waals surface area contributed by atoms with Crippen LogP contribution in [-0.4, -0.2) is 32.6 Å². The van der Waals surface area contributed by atoms with Crippen LogP contribution in [0.25, 0.3) is 11.2 Å². The van der Waals surface area contributed by atoms with Crippen molar-refractivity contribution in [2.75, 3.05) is 13.1 Å². The summed E-state index contributed by atoms with van der Waals surface area (Å²) in [5.41, 5.74) is 0.662. The molecule has 88 valence electrons. The molecule has 0 aromatic carbocycles. The number of piperidine rings is 1. The van der Waals surface area contributed by atoms with Crippen LogP contribution in [0.2, 0.25) is 0 Å². The summed E-state index contributed by atoms with van der Waals surface area (Å²) in [5.74, 6) is 0. The van der Waals surface area contributed by atoms with Gasteiger partial charge in [0.05, 0.1) is 6.04 Å². The Hall–Kier alpha value is -1.82. The number of nitrogens with zero attached hydrogens (tertiary/aromatic N) is 4. The van der Waals surface area contributed by atoms with Crippen molar-refractivity contribution in [1.29, 1.82) is 0 Å². The summed E-state index contributed by atoms with van der Waals surface area (Å²) in [6.45, 7) is 1.83. The summed E-state index contributed by atoms with van der Waals surface area (Å²) in [4.78, 5) is 24.5. The third kappa shape index (κ3) is 1.80. The molecule has 3 heterocycles. The van der Waals surface area contributed by atoms with E-state index in [-0.39, 0.29) is 11.6 Å². The van der Waals surface area contributed by atoms with E-state index in [1.54, 1.807) is 17.1 Å². The lowest BCUT2D eigenvalue weighted by molar-refractivity contribution is 0.362. The zero-order valence-electron chi connectivity index (χ0n) is 9.33. The van der Waals surface area contributed by atoms with E-state index in [9.17, 15) is 4.79 Å². The topological polar surface area (TPSA) is 72.7 Å². The minimum absolute atomic E-state index is 0.100. The molecule has 0 radical (unpaired) electrons. The highest BCUT2D eigenvalue weighted by Gasteiger charge is 2.17. The van der Waals surface area contributed by atoms with E-state index in [0.717, 1.165) is 25.9 Å². The fourth-order valence-electron chi connectivity index (χ4n) is 2.20. The first-order chi connectivity index (χ1) is 8.36. The summed E-state index contributed by atoms with van der Waals surface area (Å²) in [5, 5.41) is 3.29. The van der Waals surface area contributed by atoms with Crippen molar-refractivity contribution in [3.63, 3.8) is 0 Å². The number of fused-ring (bicyclic) bond motifs is 1. The minimum atomic E-state index is -0.100. The van der Waals surface area contributed by atoms with Crippen molar-refractivity contribution >= 4 is 11.2 Å². The highest BCUT2D eigenvalue weighted by atomic mass is 16.1. The maximum Gasteiger partial charge on any atom is 0.281 e. The molecule has 6 nitrogen and oxygen atoms in total. The molecule has 2 aromatic heterocycles. The predicted octanol–water partition coefficient (Wildman–Crippen LogP) is 0.111. The Kier molecular flexibility index (Phi) is 2.56. The minimum Gasteiger partial charge on any atom is -0.315 e. The van der Waals surface area contributed by atoms with Crippen LogP contribution < -0.4 is 10.9 Å². The van der Waals surface area contributed by atoms with Crippen molar-refractivity contribution in [3.05, 3.63) is 29.1 Å². The number of hydrogen-bond donors (Lipinski definition) is 1. The summed E-state index contributed by atoms with van der Waals surface area (Å²) in [7, 11) is 0. The number of hydrogen-bond acceptors (Lipinski definition) is 5. The van der Waals surface area contributed by atoms with E-state index in [1.165, 1.54) is 6.20 Å². The van der Waals surface area contributed by atoms with Crippen molar-refractivity contribution in [1.82, 2.24) is 24.8 Å². The zero-order valence-corrected chi connectivity index (χ0v) is 9.33. The van der Waals surface area contributed by atoms with Crippen LogP contribution in [0.1, 0.15) is 18.9 Å². The molecule has 1 unspecified atom stereocenters. The molecule has 1 aliphatic rings. The van der Waals surface area contributed by atoms with Gasteiger partial charge in [-0.2, -0.15) is 0 Å². The fraction of sp³-hybridized carbons (Fsp3) is 0.455. The van der Waals surface area contributed by atoms with Gasteiger partial charge in [-0.1, -0.05) is 0 Å². The lowest BCUT2D eigenvalue weighted by atomic mass is 10.1. The van der Waals surface area contributed by atoms with Gasteiger partial charge in [-0.05, 0) is 19.4 Å². The second-order valence-corrected chi connectivity index (χ2v) is 4.19. The third-order valence-corrected chi connectivity index (χ3v) is 3.08. The standard InChI is InChI=1S/C11H13N5O/c17-11-9-10(14-5-4-13-9)15-7-16(11)8-2-1-3-12-6-8/h4-5,7-8,12H,1-3,6H2. The lowest BCUT2D eigenvalue weighted by Gasteiger charge is -2.24. The maximum absolute atomic E-state index is 12.2. The lowest BCUT2D eigenvalue weighted by Crippen LogP contribution is -2.36. The second-order valence-electron chi connectivity index (χ2n) is 4.19. The van der Waals surface area contributed by atoms with Gasteiger partial charge < -0.3 is 5.32 Å². The van der Waals surface area contributed by atoms with Crippen LogP contribution in [0, 0.1) is 0 Å². The van der Waals surface area contributed by atoms with Crippen LogP contribution in [-0.2, 0) is 0 Å². The van der Waals surface area contributed by atoms with Crippen LogP contribution in [0.4, 0.5) is 0 Å². The molecule has 0 spiro atoms. The van der Waals surface area contributed by atoms with E-state index in [0.29, 0.717) is 11.2 Å². The van der Waals surface area contributed by atoms with Gasteiger partial charge in [0, 0.05) is 18.9 Å². The first-order valence-electron chi connectivity index (χ1n) is 5.75. The van der Waals surface area contributed by atoms with E-state index < -0.39 is 0 Å². The number of rotatable bonds is 1. The molecule has 1 aliphatic heterocycles. The van der Waals surface area contributed by atoms with Crippen molar-refractivity contribution < 1.29 is 0 Å². The van der Waals surface area contributed by atoms with Crippen LogP contribution >= 0.6 is 0 Å². The van der Waals surface area contributed by atoms with Gasteiger partial charge in [-0.15, -0.1) is 0 Å². The van der Waals surface area contributed by atoms with Crippen LogP contribution in [0.5, 0.6) is 0 Å². The Bertz CT molecular complexity index is 588. The van der Waals surface area contributed by atoms with Crippen molar-refractivity contribution in [2.24, 2.45) is 0 Å². The van der Waals surface area contributed by atoms with E-state index in [1.807, 2.05) is 0 Å². The summed E-state index contributed by atoms with van der Waals surface area (Å²) in [6, 6.07) is 0.176. The van der Waals surface area contributed by atoms with Crippen molar-refractivity contribution in [3.8, 4) is 0 Å². The van der Waals surface area contributed by atoms with Gasteiger partial charge in [0.15, 0.2) is 11.2 Å². The maximum atomic E-state index is 12.2. The molecule has 1 fully saturated rings. The van der Waals surface area contributed by atoms with Gasteiger partial charge in [0.25, 0.3) is 5.56 Å². The van der Waals surface area contributed by atoms with Gasteiger partial charge in [0.2, 0.25) is 0 Å². The highest BCUT2D eigenvalue weighted by molar-refractivity contribution is 5.66. The molecule has 0 amide bonds. The summed E-state index contributed by atoms with van der Waals surface area (Å²) in [6.07, 6.45) is 6.73.